The molecule has 10 nitrogen and oxygen atoms in total. The average molecular weight is 701 g/mol. The molecule has 0 unspecified atom stereocenters. The second kappa shape index (κ2) is 15.7. The smallest absolute Gasteiger partial charge is 0.281 e. The van der Waals surface area contributed by atoms with Gasteiger partial charge in [-0.25, -0.2) is 5.43 Å². The molecular formula is C32H31Cl2N5O5S2. The highest BCUT2D eigenvalue weighted by Gasteiger charge is 2.18. The van der Waals surface area contributed by atoms with Gasteiger partial charge in [0.15, 0.2) is 0 Å². The second-order valence-corrected chi connectivity index (χ2v) is 13.1. The first-order valence-electron chi connectivity index (χ1n) is 14.4. The number of carbonyl (C=O) groups is 3. The molecule has 0 radical (unpaired) electrons. The minimum atomic E-state index is -0.485. The molecule has 4 N–H and O–H groups in total. The number of rotatable bonds is 11. The zero-order valence-electron chi connectivity index (χ0n) is 24.8. The minimum Gasteiger partial charge on any atom is -0.506 e. The molecule has 1 aliphatic heterocycles. The first-order chi connectivity index (χ1) is 22.2. The van der Waals surface area contributed by atoms with E-state index in [0.29, 0.717) is 53.6 Å². The van der Waals surface area contributed by atoms with Gasteiger partial charge in [-0.15, -0.1) is 22.7 Å². The van der Waals surface area contributed by atoms with Crippen molar-refractivity contribution in [1.29, 1.82) is 0 Å². The Labute approximate surface area is 284 Å². The zero-order valence-corrected chi connectivity index (χ0v) is 27.9. The van der Waals surface area contributed by atoms with Crippen LogP contribution in [0.15, 0.2) is 65.1 Å². The fraction of sp³-hybridized carbons (Fsp3) is 0.250. The Bertz CT molecular complexity index is 1750. The molecule has 0 saturated carbocycles. The monoisotopic (exact) mass is 699 g/mol. The number of amides is 3. The van der Waals surface area contributed by atoms with Gasteiger partial charge in [0, 0.05) is 43.7 Å². The molecule has 1 saturated heterocycles. The van der Waals surface area contributed by atoms with Gasteiger partial charge in [0.2, 0.25) is 0 Å². The topological polar surface area (TPSA) is 132 Å². The molecule has 0 atom stereocenters. The number of morpholine rings is 1. The number of nitrogens with zero attached hydrogens (tertiary/aromatic N) is 2. The Hall–Kier alpha value is -3.78. The van der Waals surface area contributed by atoms with Crippen molar-refractivity contribution in [2.45, 2.75) is 13.5 Å². The summed E-state index contributed by atoms with van der Waals surface area (Å²) >= 11 is 14.5. The predicted molar refractivity (Wildman–Crippen MR) is 183 cm³/mol. The summed E-state index contributed by atoms with van der Waals surface area (Å²) < 4.78 is 5.34. The van der Waals surface area contributed by atoms with Crippen molar-refractivity contribution >= 4 is 69.3 Å². The van der Waals surface area contributed by atoms with Gasteiger partial charge in [-0.1, -0.05) is 41.4 Å². The van der Waals surface area contributed by atoms with Crippen LogP contribution in [0.3, 0.4) is 0 Å². The van der Waals surface area contributed by atoms with Crippen molar-refractivity contribution in [3.63, 3.8) is 0 Å². The quantitative estimate of drug-likeness (QED) is 0.118. The Morgan fingerprint density at radius 1 is 0.935 bits per heavy atom. The van der Waals surface area contributed by atoms with Crippen LogP contribution in [0, 0.1) is 0 Å². The van der Waals surface area contributed by atoms with Crippen molar-refractivity contribution in [1.82, 2.24) is 21.0 Å². The number of hydrogen-bond donors (Lipinski definition) is 4. The van der Waals surface area contributed by atoms with E-state index in [1.54, 1.807) is 66.9 Å². The van der Waals surface area contributed by atoms with E-state index in [2.05, 4.69) is 26.1 Å². The summed E-state index contributed by atoms with van der Waals surface area (Å²) in [5, 5.41) is 23.2. The molecular weight excluding hydrogens is 669 g/mol. The van der Waals surface area contributed by atoms with Crippen LogP contribution in [0.1, 0.15) is 47.8 Å². The van der Waals surface area contributed by atoms with E-state index in [-0.39, 0.29) is 24.1 Å². The SMILES string of the molecule is C/C(=N\NC(=O)c1ccc(C(=O)NCc2ccc(C(=O)NCCN3CCOCC3)cc2)s1)c1csc(-c2ccc(Cl)c(Cl)c2)c1O. The third kappa shape index (κ3) is 8.52. The van der Waals surface area contributed by atoms with E-state index >= 15 is 0 Å². The third-order valence-corrected chi connectivity index (χ3v) is 10.0. The molecule has 2 aromatic carbocycles. The molecule has 2 aromatic heterocycles. The number of carbonyl (C=O) groups excluding carboxylic acids is 3. The van der Waals surface area contributed by atoms with Gasteiger partial charge in [-0.05, 0) is 54.4 Å². The van der Waals surface area contributed by atoms with Crippen molar-refractivity contribution in [3.05, 3.63) is 96.5 Å². The van der Waals surface area contributed by atoms with Gasteiger partial charge in [0.05, 0.1) is 49.2 Å². The fourth-order valence-corrected chi connectivity index (χ4v) is 6.69. The van der Waals surface area contributed by atoms with E-state index in [1.807, 2.05) is 0 Å². The molecule has 5 rings (SSSR count). The van der Waals surface area contributed by atoms with Crippen molar-refractivity contribution in [3.8, 4) is 16.2 Å². The van der Waals surface area contributed by atoms with Crippen molar-refractivity contribution in [2.75, 3.05) is 39.4 Å². The van der Waals surface area contributed by atoms with Crippen LogP contribution >= 0.6 is 45.9 Å². The highest BCUT2D eigenvalue weighted by Crippen LogP contribution is 2.40. The van der Waals surface area contributed by atoms with Crippen LogP contribution in [0.25, 0.3) is 10.4 Å². The number of nitrogens with one attached hydrogen (secondary N) is 3. The molecule has 0 bridgehead atoms. The summed E-state index contributed by atoms with van der Waals surface area (Å²) in [6.45, 7) is 6.45. The molecule has 46 heavy (non-hydrogen) atoms. The van der Waals surface area contributed by atoms with Crippen LogP contribution in [-0.2, 0) is 11.3 Å². The largest absolute Gasteiger partial charge is 0.506 e. The maximum absolute atomic E-state index is 12.7. The third-order valence-electron chi connectivity index (χ3n) is 7.20. The van der Waals surface area contributed by atoms with Gasteiger partial charge in [-0.3, -0.25) is 19.3 Å². The molecule has 0 aliphatic carbocycles. The zero-order chi connectivity index (χ0) is 32.6. The number of benzene rings is 2. The number of hydrogen-bond acceptors (Lipinski definition) is 9. The molecule has 14 heteroatoms. The van der Waals surface area contributed by atoms with Gasteiger partial charge in [-0.2, -0.15) is 5.10 Å². The predicted octanol–water partition coefficient (Wildman–Crippen LogP) is 5.64. The summed E-state index contributed by atoms with van der Waals surface area (Å²) in [5.41, 5.74) is 5.44. The lowest BCUT2D eigenvalue weighted by molar-refractivity contribution is 0.0383. The van der Waals surface area contributed by atoms with Crippen LogP contribution in [0.5, 0.6) is 5.75 Å². The Balaban J connectivity index is 1.09. The molecule has 1 fully saturated rings. The van der Waals surface area contributed by atoms with Gasteiger partial charge >= 0.3 is 0 Å². The summed E-state index contributed by atoms with van der Waals surface area (Å²) in [7, 11) is 0. The van der Waals surface area contributed by atoms with Gasteiger partial charge in [0.1, 0.15) is 5.75 Å². The van der Waals surface area contributed by atoms with E-state index in [1.165, 1.54) is 11.3 Å². The number of halogens is 2. The summed E-state index contributed by atoms with van der Waals surface area (Å²) in [4.78, 5) is 41.5. The van der Waals surface area contributed by atoms with Crippen LogP contribution < -0.4 is 16.1 Å². The van der Waals surface area contributed by atoms with Crippen LogP contribution in [0.2, 0.25) is 10.0 Å². The number of ether oxygens (including phenoxy) is 1. The summed E-state index contributed by atoms with van der Waals surface area (Å²) in [6, 6.07) is 15.3. The lowest BCUT2D eigenvalue weighted by Gasteiger charge is -2.26. The molecule has 3 heterocycles. The molecule has 4 aromatic rings. The highest BCUT2D eigenvalue weighted by atomic mass is 35.5. The average Bonchev–Trinajstić information content (AvgIpc) is 3.72. The summed E-state index contributed by atoms with van der Waals surface area (Å²) in [6.07, 6.45) is 0. The summed E-state index contributed by atoms with van der Waals surface area (Å²) in [5.74, 6) is -0.937. The number of hydrazone groups is 1. The highest BCUT2D eigenvalue weighted by molar-refractivity contribution is 7.16. The Morgan fingerprint density at radius 2 is 1.65 bits per heavy atom. The second-order valence-electron chi connectivity index (χ2n) is 10.3. The minimum absolute atomic E-state index is 0.0198. The first-order valence-corrected chi connectivity index (χ1v) is 16.8. The number of aromatic hydroxyl groups is 1. The standard InChI is InChI=1S/C32H31Cl2N5O5S2/c1-19(23-18-45-29(28(23)40)22-6-7-24(33)25(34)16-22)37-38-32(43)27-9-8-26(46-27)31(42)36-17-20-2-4-21(5-3-20)30(41)35-10-11-39-12-14-44-15-13-39/h2-9,16,18,40H,10-15,17H2,1H3,(H,35,41)(H,36,42)(H,38,43)/b37-19+. The van der Waals surface area contributed by atoms with E-state index in [4.69, 9.17) is 27.9 Å². The van der Waals surface area contributed by atoms with E-state index < -0.39 is 5.91 Å². The molecule has 240 valence electrons. The van der Waals surface area contributed by atoms with Gasteiger partial charge in [0.25, 0.3) is 17.7 Å². The van der Waals surface area contributed by atoms with Gasteiger partial charge < -0.3 is 20.5 Å². The lowest BCUT2D eigenvalue weighted by atomic mass is 10.1. The molecule has 1 aliphatic rings. The lowest BCUT2D eigenvalue weighted by Crippen LogP contribution is -2.41. The van der Waals surface area contributed by atoms with Crippen LogP contribution in [0.4, 0.5) is 0 Å². The molecule has 3 amide bonds. The first kappa shape index (κ1) is 33.6. The molecule has 0 spiro atoms. The van der Waals surface area contributed by atoms with E-state index in [9.17, 15) is 19.5 Å². The van der Waals surface area contributed by atoms with Crippen molar-refractivity contribution in [2.24, 2.45) is 5.10 Å². The maximum atomic E-state index is 12.7. The number of thiophene rings is 2. The normalized spacial score (nSPS) is 13.8. The van der Waals surface area contributed by atoms with Crippen molar-refractivity contribution < 1.29 is 24.2 Å². The Morgan fingerprint density at radius 3 is 2.37 bits per heavy atom. The van der Waals surface area contributed by atoms with Crippen LogP contribution in [-0.4, -0.2) is 72.8 Å². The van der Waals surface area contributed by atoms with E-state index in [0.717, 1.165) is 49.7 Å². The fourth-order valence-electron chi connectivity index (χ4n) is 4.58. The maximum Gasteiger partial charge on any atom is 0.281 e. The Kier molecular flexibility index (Phi) is 11.4.